The van der Waals surface area contributed by atoms with Crippen LogP contribution >= 0.6 is 0 Å². The first-order chi connectivity index (χ1) is 7.27. The fourth-order valence-electron chi connectivity index (χ4n) is 1.64. The molecule has 1 aromatic rings. The molecule has 0 spiro atoms. The number of carbonyl (C=O) groups excluding carboxylic acids is 1. The number of carbonyl (C=O) groups is 1. The zero-order valence-corrected chi connectivity index (χ0v) is 10.6. The SMILES string of the molecule is CC(=O)C(C)(C)C(C)(N)Cc1ccccc1. The summed E-state index contributed by atoms with van der Waals surface area (Å²) in [5.41, 5.74) is 6.44. The van der Waals surface area contributed by atoms with Gasteiger partial charge in [0.1, 0.15) is 5.78 Å². The van der Waals surface area contributed by atoms with Crippen molar-refractivity contribution in [2.45, 2.75) is 39.7 Å². The van der Waals surface area contributed by atoms with Crippen molar-refractivity contribution in [1.29, 1.82) is 0 Å². The first-order valence-corrected chi connectivity index (χ1v) is 5.61. The number of rotatable bonds is 4. The molecule has 88 valence electrons. The van der Waals surface area contributed by atoms with Crippen molar-refractivity contribution in [3.63, 3.8) is 0 Å². The molecule has 0 heterocycles. The van der Waals surface area contributed by atoms with Gasteiger partial charge in [0.2, 0.25) is 0 Å². The van der Waals surface area contributed by atoms with Crippen molar-refractivity contribution in [3.05, 3.63) is 35.9 Å². The van der Waals surface area contributed by atoms with E-state index in [0.29, 0.717) is 6.42 Å². The third kappa shape index (κ3) is 2.50. The van der Waals surface area contributed by atoms with Crippen molar-refractivity contribution < 1.29 is 4.79 Å². The van der Waals surface area contributed by atoms with Crippen LogP contribution in [0.1, 0.15) is 33.3 Å². The third-order valence-electron chi connectivity index (χ3n) is 3.72. The molecule has 0 fully saturated rings. The standard InChI is InChI=1S/C14H21NO/c1-11(16)13(2,3)14(4,15)10-12-8-6-5-7-9-12/h5-9H,10,15H2,1-4H3. The molecule has 1 rings (SSSR count). The van der Waals surface area contributed by atoms with Gasteiger partial charge in [-0.3, -0.25) is 4.79 Å². The van der Waals surface area contributed by atoms with E-state index in [0.717, 1.165) is 0 Å². The monoisotopic (exact) mass is 219 g/mol. The van der Waals surface area contributed by atoms with E-state index in [2.05, 4.69) is 0 Å². The van der Waals surface area contributed by atoms with Gasteiger partial charge in [-0.1, -0.05) is 44.2 Å². The molecule has 1 aromatic carbocycles. The first kappa shape index (κ1) is 12.9. The van der Waals surface area contributed by atoms with Gasteiger partial charge in [0.15, 0.2) is 0 Å². The molecule has 1 atom stereocenters. The zero-order chi connectivity index (χ0) is 12.4. The number of nitrogens with two attached hydrogens (primary N) is 1. The van der Waals surface area contributed by atoms with Gasteiger partial charge in [-0.05, 0) is 25.8 Å². The Labute approximate surface area is 97.9 Å². The van der Waals surface area contributed by atoms with Gasteiger partial charge in [-0.25, -0.2) is 0 Å². The molecule has 1 unspecified atom stereocenters. The lowest BCUT2D eigenvalue weighted by molar-refractivity contribution is -0.128. The molecule has 0 saturated heterocycles. The van der Waals surface area contributed by atoms with E-state index in [4.69, 9.17) is 5.73 Å². The topological polar surface area (TPSA) is 43.1 Å². The van der Waals surface area contributed by atoms with Gasteiger partial charge in [0.25, 0.3) is 0 Å². The molecule has 0 aliphatic carbocycles. The molecule has 2 heteroatoms. The van der Waals surface area contributed by atoms with Crippen molar-refractivity contribution in [3.8, 4) is 0 Å². The van der Waals surface area contributed by atoms with E-state index in [9.17, 15) is 4.79 Å². The maximum Gasteiger partial charge on any atom is 0.137 e. The second-order valence-corrected chi connectivity index (χ2v) is 5.26. The molecule has 2 N–H and O–H groups in total. The van der Waals surface area contributed by atoms with Crippen LogP contribution in [0, 0.1) is 5.41 Å². The zero-order valence-electron chi connectivity index (χ0n) is 10.6. The molecule has 0 aliphatic heterocycles. The van der Waals surface area contributed by atoms with Crippen LogP contribution in [0.2, 0.25) is 0 Å². The Balaban J connectivity index is 2.92. The van der Waals surface area contributed by atoms with Crippen molar-refractivity contribution in [1.82, 2.24) is 0 Å². The molecule has 0 radical (unpaired) electrons. The van der Waals surface area contributed by atoms with E-state index < -0.39 is 11.0 Å². The predicted octanol–water partition coefficient (Wildman–Crippen LogP) is 2.56. The highest BCUT2D eigenvalue weighted by atomic mass is 16.1. The maximum absolute atomic E-state index is 11.6. The van der Waals surface area contributed by atoms with Crippen LogP contribution in [0.3, 0.4) is 0 Å². The molecule has 0 aromatic heterocycles. The summed E-state index contributed by atoms with van der Waals surface area (Å²) in [6, 6.07) is 10.1. The minimum Gasteiger partial charge on any atom is -0.324 e. The average Bonchev–Trinajstić information content (AvgIpc) is 2.18. The lowest BCUT2D eigenvalue weighted by atomic mass is 9.68. The van der Waals surface area contributed by atoms with Crippen LogP contribution in [0.25, 0.3) is 0 Å². The highest BCUT2D eigenvalue weighted by Crippen LogP contribution is 2.32. The Kier molecular flexibility index (Phi) is 3.54. The second kappa shape index (κ2) is 4.38. The molecule has 0 aliphatic rings. The molecule has 0 bridgehead atoms. The highest BCUT2D eigenvalue weighted by Gasteiger charge is 2.41. The Morgan fingerprint density at radius 3 is 2.12 bits per heavy atom. The van der Waals surface area contributed by atoms with Crippen LogP contribution < -0.4 is 5.73 Å². The van der Waals surface area contributed by atoms with Crippen LogP contribution in [-0.2, 0) is 11.2 Å². The minimum atomic E-state index is -0.528. The Hall–Kier alpha value is -1.15. The number of hydrogen-bond donors (Lipinski definition) is 1. The largest absolute Gasteiger partial charge is 0.324 e. The van der Waals surface area contributed by atoms with Crippen LogP contribution in [0.4, 0.5) is 0 Å². The van der Waals surface area contributed by atoms with Gasteiger partial charge in [0.05, 0.1) is 0 Å². The van der Waals surface area contributed by atoms with Gasteiger partial charge in [-0.15, -0.1) is 0 Å². The van der Waals surface area contributed by atoms with E-state index in [-0.39, 0.29) is 5.78 Å². The van der Waals surface area contributed by atoms with Crippen molar-refractivity contribution >= 4 is 5.78 Å². The summed E-state index contributed by atoms with van der Waals surface area (Å²) in [4.78, 5) is 11.6. The first-order valence-electron chi connectivity index (χ1n) is 5.61. The average molecular weight is 219 g/mol. The smallest absolute Gasteiger partial charge is 0.137 e. The number of ketones is 1. The fraction of sp³-hybridized carbons (Fsp3) is 0.500. The summed E-state index contributed by atoms with van der Waals surface area (Å²) in [6.07, 6.45) is 0.709. The van der Waals surface area contributed by atoms with E-state index in [1.54, 1.807) is 6.92 Å². The summed E-state index contributed by atoms with van der Waals surface area (Å²) in [5.74, 6) is 0.133. The third-order valence-corrected chi connectivity index (χ3v) is 3.72. The normalized spacial score (nSPS) is 15.6. The Morgan fingerprint density at radius 2 is 1.69 bits per heavy atom. The van der Waals surface area contributed by atoms with Crippen LogP contribution in [0.5, 0.6) is 0 Å². The molecule has 0 saturated carbocycles. The maximum atomic E-state index is 11.6. The minimum absolute atomic E-state index is 0.133. The van der Waals surface area contributed by atoms with Crippen LogP contribution in [0.15, 0.2) is 30.3 Å². The number of Topliss-reactive ketones (excluding diaryl/α,β-unsaturated/α-hetero) is 1. The van der Waals surface area contributed by atoms with Crippen LogP contribution in [-0.4, -0.2) is 11.3 Å². The van der Waals surface area contributed by atoms with Gasteiger partial charge < -0.3 is 5.73 Å². The quantitative estimate of drug-likeness (QED) is 0.845. The summed E-state index contributed by atoms with van der Waals surface area (Å²) >= 11 is 0. The second-order valence-electron chi connectivity index (χ2n) is 5.26. The lowest BCUT2D eigenvalue weighted by Gasteiger charge is -2.39. The molecular formula is C14H21NO. The van der Waals surface area contributed by atoms with Crippen molar-refractivity contribution in [2.24, 2.45) is 11.1 Å². The molecule has 2 nitrogen and oxygen atoms in total. The Bertz CT molecular complexity index is 366. The van der Waals surface area contributed by atoms with E-state index in [1.807, 2.05) is 51.1 Å². The fourth-order valence-corrected chi connectivity index (χ4v) is 1.64. The van der Waals surface area contributed by atoms with Gasteiger partial charge in [0, 0.05) is 11.0 Å². The van der Waals surface area contributed by atoms with E-state index in [1.165, 1.54) is 5.56 Å². The number of benzene rings is 1. The Morgan fingerprint density at radius 1 is 1.19 bits per heavy atom. The van der Waals surface area contributed by atoms with E-state index >= 15 is 0 Å². The molecule has 0 amide bonds. The predicted molar refractivity (Wildman–Crippen MR) is 67.2 cm³/mol. The summed E-state index contributed by atoms with van der Waals surface area (Å²) in [7, 11) is 0. The van der Waals surface area contributed by atoms with Gasteiger partial charge >= 0.3 is 0 Å². The summed E-state index contributed by atoms with van der Waals surface area (Å²) in [6.45, 7) is 7.38. The molecule has 16 heavy (non-hydrogen) atoms. The lowest BCUT2D eigenvalue weighted by Crippen LogP contribution is -2.55. The number of hydrogen-bond acceptors (Lipinski definition) is 2. The highest BCUT2D eigenvalue weighted by molar-refractivity contribution is 5.83. The molecular weight excluding hydrogens is 198 g/mol. The summed E-state index contributed by atoms with van der Waals surface area (Å²) in [5, 5.41) is 0. The summed E-state index contributed by atoms with van der Waals surface area (Å²) < 4.78 is 0. The van der Waals surface area contributed by atoms with Gasteiger partial charge in [-0.2, -0.15) is 0 Å². The van der Waals surface area contributed by atoms with Crippen molar-refractivity contribution in [2.75, 3.05) is 0 Å².